The molecule has 8 nitrogen and oxygen atoms in total. The second kappa shape index (κ2) is 9.07. The predicted octanol–water partition coefficient (Wildman–Crippen LogP) is 4.12. The van der Waals surface area contributed by atoms with Crippen molar-refractivity contribution in [2.45, 2.75) is 50.9 Å². The highest BCUT2D eigenvalue weighted by Gasteiger charge is 2.44. The van der Waals surface area contributed by atoms with Crippen molar-refractivity contribution in [2.75, 3.05) is 13.7 Å². The van der Waals surface area contributed by atoms with Crippen LogP contribution in [0.5, 0.6) is 5.88 Å². The maximum atomic E-state index is 14.6. The fraction of sp³-hybridized carbons (Fsp3) is 0.455. The number of aromatic nitrogens is 2. The van der Waals surface area contributed by atoms with Crippen LogP contribution in [0.1, 0.15) is 32.9 Å². The van der Waals surface area contributed by atoms with Gasteiger partial charge in [0, 0.05) is 18.6 Å². The zero-order valence-electron chi connectivity index (χ0n) is 18.9. The van der Waals surface area contributed by atoms with E-state index in [1.807, 2.05) is 0 Å². The van der Waals surface area contributed by atoms with Crippen LogP contribution >= 0.6 is 0 Å². The number of hydrogen-bond donors (Lipinski definition) is 0. The molecule has 0 spiro atoms. The molecular weight excluding hydrogens is 462 g/mol. The molecule has 34 heavy (non-hydrogen) atoms. The Morgan fingerprint density at radius 2 is 1.74 bits per heavy atom. The number of benzene rings is 1. The van der Waals surface area contributed by atoms with E-state index in [4.69, 9.17) is 14.2 Å². The highest BCUT2D eigenvalue weighted by molar-refractivity contribution is 5.82. The molecule has 0 radical (unpaired) electrons. The first-order valence-corrected chi connectivity index (χ1v) is 10.2. The average Bonchev–Trinajstić information content (AvgIpc) is 3.16. The number of alkyl halides is 2. The van der Waals surface area contributed by atoms with E-state index in [9.17, 15) is 27.2 Å². The molecule has 0 unspecified atom stereocenters. The molecule has 2 heterocycles. The van der Waals surface area contributed by atoms with Crippen molar-refractivity contribution in [3.05, 3.63) is 42.1 Å². The number of methoxy groups -OCH3 is 1. The number of amides is 1. The van der Waals surface area contributed by atoms with Crippen LogP contribution in [0.15, 0.2) is 24.8 Å². The summed E-state index contributed by atoms with van der Waals surface area (Å²) in [6.07, 6.45) is -1.64. The predicted molar refractivity (Wildman–Crippen MR) is 111 cm³/mol. The minimum Gasteiger partial charge on any atom is -0.471 e. The average molecular weight is 485 g/mol. The third-order valence-corrected chi connectivity index (χ3v) is 4.89. The summed E-state index contributed by atoms with van der Waals surface area (Å²) in [6.45, 7) is 7.77. The Labute approximate surface area is 192 Å². The second-order valence-electron chi connectivity index (χ2n) is 8.61. The standard InChI is InChI=1S/C22H23F4N3O5/c1-6-22(25,26)17-18(28-15-9-13(24)12(23)8-14(15)27-17)33-11-7-16(19(30)32-5)29(10-11)20(31)34-21(2,3)4/h6,8-9,11,16H,1,7,10H2,2-5H3/t11-,16+/m1/s1. The van der Waals surface area contributed by atoms with Crippen molar-refractivity contribution in [3.63, 3.8) is 0 Å². The minimum atomic E-state index is -3.73. The summed E-state index contributed by atoms with van der Waals surface area (Å²) in [5, 5.41) is 0. The van der Waals surface area contributed by atoms with Gasteiger partial charge in [0.1, 0.15) is 17.7 Å². The maximum Gasteiger partial charge on any atom is 0.411 e. The Bertz CT molecular complexity index is 1140. The van der Waals surface area contributed by atoms with Crippen molar-refractivity contribution in [3.8, 4) is 5.88 Å². The van der Waals surface area contributed by atoms with Crippen LogP contribution < -0.4 is 4.74 Å². The van der Waals surface area contributed by atoms with E-state index in [1.165, 1.54) is 0 Å². The molecule has 1 fully saturated rings. The second-order valence-corrected chi connectivity index (χ2v) is 8.61. The summed E-state index contributed by atoms with van der Waals surface area (Å²) in [6, 6.07) is 0.226. The van der Waals surface area contributed by atoms with Gasteiger partial charge in [-0.3, -0.25) is 4.90 Å². The van der Waals surface area contributed by atoms with Gasteiger partial charge in [-0.05, 0) is 26.8 Å². The Hall–Kier alpha value is -3.44. The summed E-state index contributed by atoms with van der Waals surface area (Å²) in [7, 11) is 1.13. The van der Waals surface area contributed by atoms with Crippen LogP contribution in [0.4, 0.5) is 22.4 Å². The lowest BCUT2D eigenvalue weighted by Crippen LogP contribution is -2.44. The van der Waals surface area contributed by atoms with Gasteiger partial charge in [-0.25, -0.2) is 28.3 Å². The molecule has 0 bridgehead atoms. The number of carbonyl (C=O) groups is 2. The van der Waals surface area contributed by atoms with E-state index in [-0.39, 0.29) is 24.0 Å². The number of halogens is 4. The number of ether oxygens (including phenoxy) is 3. The number of esters is 1. The van der Waals surface area contributed by atoms with Crippen molar-refractivity contribution in [1.82, 2.24) is 14.9 Å². The van der Waals surface area contributed by atoms with Gasteiger partial charge >= 0.3 is 18.0 Å². The summed E-state index contributed by atoms with van der Waals surface area (Å²) in [5.41, 5.74) is -2.40. The van der Waals surface area contributed by atoms with E-state index < -0.39 is 58.9 Å². The third-order valence-electron chi connectivity index (χ3n) is 4.89. The Morgan fingerprint density at radius 1 is 1.15 bits per heavy atom. The molecule has 1 aromatic heterocycles. The lowest BCUT2D eigenvalue weighted by atomic mass is 10.2. The molecule has 1 aliphatic rings. The Morgan fingerprint density at radius 3 is 2.26 bits per heavy atom. The molecule has 1 saturated heterocycles. The SMILES string of the molecule is C=CC(F)(F)c1nc2cc(F)c(F)cc2nc1O[C@@H]1C[C@@H](C(=O)OC)N(C(=O)OC(C)(C)C)C1. The fourth-order valence-electron chi connectivity index (χ4n) is 3.35. The van der Waals surface area contributed by atoms with Crippen LogP contribution in [0.2, 0.25) is 0 Å². The highest BCUT2D eigenvalue weighted by Crippen LogP contribution is 2.36. The molecule has 1 aliphatic heterocycles. The van der Waals surface area contributed by atoms with E-state index in [0.29, 0.717) is 18.2 Å². The molecule has 2 aromatic rings. The van der Waals surface area contributed by atoms with Crippen LogP contribution in [0, 0.1) is 11.6 Å². The number of fused-ring (bicyclic) bond motifs is 1. The number of allylic oxidation sites excluding steroid dienone is 1. The largest absolute Gasteiger partial charge is 0.471 e. The molecule has 184 valence electrons. The fourth-order valence-corrected chi connectivity index (χ4v) is 3.35. The van der Waals surface area contributed by atoms with E-state index in [2.05, 4.69) is 16.5 Å². The summed E-state index contributed by atoms with van der Waals surface area (Å²) in [5.74, 6) is -7.70. The summed E-state index contributed by atoms with van der Waals surface area (Å²) in [4.78, 5) is 33.5. The molecule has 0 N–H and O–H groups in total. The summed E-state index contributed by atoms with van der Waals surface area (Å²) >= 11 is 0. The number of carbonyl (C=O) groups excluding carboxylic acids is 2. The van der Waals surface area contributed by atoms with Gasteiger partial charge in [-0.2, -0.15) is 8.78 Å². The molecule has 12 heteroatoms. The van der Waals surface area contributed by atoms with Crippen molar-refractivity contribution in [2.24, 2.45) is 0 Å². The topological polar surface area (TPSA) is 90.9 Å². The maximum absolute atomic E-state index is 14.6. The Kier molecular flexibility index (Phi) is 6.72. The van der Waals surface area contributed by atoms with E-state index in [0.717, 1.165) is 12.0 Å². The van der Waals surface area contributed by atoms with Crippen LogP contribution in [0.25, 0.3) is 11.0 Å². The van der Waals surface area contributed by atoms with Crippen molar-refractivity contribution < 1.29 is 41.4 Å². The normalized spacial score (nSPS) is 18.6. The van der Waals surface area contributed by atoms with E-state index in [1.54, 1.807) is 20.8 Å². The van der Waals surface area contributed by atoms with Gasteiger partial charge in [0.25, 0.3) is 0 Å². The first kappa shape index (κ1) is 25.2. The molecule has 1 amide bonds. The molecule has 1 aromatic carbocycles. The molecular formula is C22H23F4N3O5. The zero-order valence-corrected chi connectivity index (χ0v) is 18.9. The monoisotopic (exact) mass is 485 g/mol. The number of rotatable bonds is 5. The minimum absolute atomic E-state index is 0.123. The van der Waals surface area contributed by atoms with Gasteiger partial charge < -0.3 is 14.2 Å². The molecule has 0 aliphatic carbocycles. The zero-order chi connectivity index (χ0) is 25.4. The van der Waals surface area contributed by atoms with Crippen molar-refractivity contribution in [1.29, 1.82) is 0 Å². The number of hydrogen-bond acceptors (Lipinski definition) is 7. The van der Waals surface area contributed by atoms with Crippen molar-refractivity contribution >= 4 is 23.1 Å². The molecule has 0 saturated carbocycles. The smallest absolute Gasteiger partial charge is 0.411 e. The van der Waals surface area contributed by atoms with Gasteiger partial charge in [-0.15, -0.1) is 0 Å². The first-order chi connectivity index (χ1) is 15.8. The number of likely N-dealkylation sites (tertiary alicyclic amines) is 1. The summed E-state index contributed by atoms with van der Waals surface area (Å²) < 4.78 is 72.1. The lowest BCUT2D eigenvalue weighted by Gasteiger charge is -2.27. The highest BCUT2D eigenvalue weighted by atomic mass is 19.3. The quantitative estimate of drug-likeness (QED) is 0.358. The van der Waals surface area contributed by atoms with Crippen LogP contribution in [-0.4, -0.2) is 58.3 Å². The van der Waals surface area contributed by atoms with Gasteiger partial charge in [0.2, 0.25) is 5.88 Å². The Balaban J connectivity index is 1.99. The van der Waals surface area contributed by atoms with Crippen LogP contribution in [0.3, 0.4) is 0 Å². The van der Waals surface area contributed by atoms with Crippen LogP contribution in [-0.2, 0) is 20.2 Å². The molecule has 3 rings (SSSR count). The van der Waals surface area contributed by atoms with Gasteiger partial charge in [0.15, 0.2) is 17.3 Å². The van der Waals surface area contributed by atoms with Gasteiger partial charge in [0.05, 0.1) is 24.7 Å². The first-order valence-electron chi connectivity index (χ1n) is 10.2. The van der Waals surface area contributed by atoms with E-state index >= 15 is 0 Å². The van der Waals surface area contributed by atoms with Gasteiger partial charge in [-0.1, -0.05) is 6.58 Å². The third kappa shape index (κ3) is 5.20. The number of nitrogens with zero attached hydrogens (tertiary/aromatic N) is 3. The lowest BCUT2D eigenvalue weighted by molar-refractivity contribution is -0.145. The molecule has 2 atom stereocenters.